The van der Waals surface area contributed by atoms with Crippen molar-refractivity contribution in [1.82, 2.24) is 25.3 Å². The van der Waals surface area contributed by atoms with Crippen molar-refractivity contribution < 1.29 is 23.7 Å². The Morgan fingerprint density at radius 3 is 2.42 bits per heavy atom. The molecule has 1 saturated heterocycles. The molecule has 1 aliphatic heterocycles. The Hall–Kier alpha value is -4.34. The molecule has 0 unspecified atom stereocenters. The smallest absolute Gasteiger partial charge is 0.271 e. The van der Waals surface area contributed by atoms with Crippen LogP contribution in [0.3, 0.4) is 0 Å². The minimum atomic E-state index is -0.107. The topological polar surface area (TPSA) is 112 Å². The van der Waals surface area contributed by atoms with E-state index in [1.165, 1.54) is 0 Å². The Morgan fingerprint density at radius 1 is 1.00 bits per heavy atom. The Morgan fingerprint density at radius 2 is 1.72 bits per heavy atom. The lowest BCUT2D eigenvalue weighted by Gasteiger charge is -2.31. The summed E-state index contributed by atoms with van der Waals surface area (Å²) in [6.07, 6.45) is 3.08. The second-order valence-electron chi connectivity index (χ2n) is 8.43. The van der Waals surface area contributed by atoms with Gasteiger partial charge in [0.15, 0.2) is 11.5 Å². The van der Waals surface area contributed by atoms with Crippen molar-refractivity contribution in [2.24, 2.45) is 0 Å². The number of piperidine rings is 1. The summed E-state index contributed by atoms with van der Waals surface area (Å²) < 4.78 is 22.4. The van der Waals surface area contributed by atoms with Crippen LogP contribution in [0.1, 0.15) is 23.3 Å². The summed E-state index contributed by atoms with van der Waals surface area (Å²) in [6, 6.07) is 13.2. The van der Waals surface area contributed by atoms with Crippen LogP contribution >= 0.6 is 0 Å². The number of benzene rings is 2. The van der Waals surface area contributed by atoms with Gasteiger partial charge >= 0.3 is 0 Å². The number of rotatable bonds is 7. The van der Waals surface area contributed by atoms with Crippen LogP contribution in [0.2, 0.25) is 0 Å². The summed E-state index contributed by atoms with van der Waals surface area (Å²) in [4.78, 5) is 15.0. The SMILES string of the molecule is COc1cc(-c2cc(C(=O)N3CCC(Oc4nncc5ccccc45)CC3)[nH]n2)cc(OC)c1OC. The molecule has 0 bridgehead atoms. The largest absolute Gasteiger partial charge is 0.493 e. The number of likely N-dealkylation sites (tertiary alicyclic amines) is 1. The van der Waals surface area contributed by atoms with Gasteiger partial charge in [-0.1, -0.05) is 18.2 Å². The number of aromatic nitrogens is 4. The van der Waals surface area contributed by atoms with Crippen molar-refractivity contribution in [2.75, 3.05) is 34.4 Å². The van der Waals surface area contributed by atoms with Gasteiger partial charge in [-0.15, -0.1) is 5.10 Å². The van der Waals surface area contributed by atoms with Crippen LogP contribution < -0.4 is 18.9 Å². The summed E-state index contributed by atoms with van der Waals surface area (Å²) in [5.41, 5.74) is 1.76. The number of hydrogen-bond donors (Lipinski definition) is 1. The summed E-state index contributed by atoms with van der Waals surface area (Å²) in [5.74, 6) is 1.95. The first-order chi connectivity index (χ1) is 17.6. The Balaban J connectivity index is 1.26. The van der Waals surface area contributed by atoms with Crippen molar-refractivity contribution in [3.63, 3.8) is 0 Å². The van der Waals surface area contributed by atoms with E-state index in [-0.39, 0.29) is 12.0 Å². The maximum atomic E-state index is 13.2. The van der Waals surface area contributed by atoms with E-state index in [0.29, 0.717) is 60.4 Å². The van der Waals surface area contributed by atoms with E-state index < -0.39 is 0 Å². The lowest BCUT2D eigenvalue weighted by atomic mass is 10.1. The molecule has 1 fully saturated rings. The normalized spacial score (nSPS) is 14.0. The fraction of sp³-hybridized carbons (Fsp3) is 0.308. The summed E-state index contributed by atoms with van der Waals surface area (Å²) in [7, 11) is 4.66. The first kappa shape index (κ1) is 23.4. The number of nitrogens with zero attached hydrogens (tertiary/aromatic N) is 4. The van der Waals surface area contributed by atoms with E-state index in [1.54, 1.807) is 50.6 Å². The number of H-pyrrole nitrogens is 1. The highest BCUT2D eigenvalue weighted by Gasteiger charge is 2.27. The molecule has 10 heteroatoms. The number of nitrogens with one attached hydrogen (secondary N) is 1. The van der Waals surface area contributed by atoms with Crippen molar-refractivity contribution in [3.8, 4) is 34.4 Å². The Bertz CT molecular complexity index is 1350. The van der Waals surface area contributed by atoms with Gasteiger partial charge in [0.1, 0.15) is 11.8 Å². The maximum Gasteiger partial charge on any atom is 0.271 e. The molecule has 4 aromatic rings. The number of carbonyl (C=O) groups is 1. The van der Waals surface area contributed by atoms with Crippen molar-refractivity contribution in [1.29, 1.82) is 0 Å². The Kier molecular flexibility index (Phi) is 6.57. The first-order valence-electron chi connectivity index (χ1n) is 11.6. The number of hydrogen-bond acceptors (Lipinski definition) is 8. The highest BCUT2D eigenvalue weighted by Crippen LogP contribution is 2.41. The van der Waals surface area contributed by atoms with Gasteiger partial charge in [0, 0.05) is 42.3 Å². The van der Waals surface area contributed by atoms with E-state index in [1.807, 2.05) is 24.3 Å². The molecule has 186 valence electrons. The third-order valence-corrected chi connectivity index (χ3v) is 6.31. The van der Waals surface area contributed by atoms with Crippen molar-refractivity contribution >= 4 is 16.7 Å². The monoisotopic (exact) mass is 489 g/mol. The lowest BCUT2D eigenvalue weighted by molar-refractivity contribution is 0.0583. The van der Waals surface area contributed by atoms with Gasteiger partial charge in [-0.3, -0.25) is 9.89 Å². The molecule has 1 aliphatic rings. The van der Waals surface area contributed by atoms with Crippen LogP contribution in [0.25, 0.3) is 22.0 Å². The molecular weight excluding hydrogens is 462 g/mol. The molecule has 1 amide bonds. The fourth-order valence-electron chi connectivity index (χ4n) is 4.40. The molecular formula is C26H27N5O5. The number of aromatic amines is 1. The highest BCUT2D eigenvalue weighted by atomic mass is 16.5. The molecule has 2 aromatic carbocycles. The third kappa shape index (κ3) is 4.49. The molecule has 0 saturated carbocycles. The van der Waals surface area contributed by atoms with Gasteiger partial charge in [-0.05, 0) is 24.3 Å². The van der Waals surface area contributed by atoms with Crippen LogP contribution in [0.4, 0.5) is 0 Å². The number of methoxy groups -OCH3 is 3. The van der Waals surface area contributed by atoms with Crippen LogP contribution in [0.15, 0.2) is 48.7 Å². The Labute approximate surface area is 208 Å². The zero-order valence-electron chi connectivity index (χ0n) is 20.4. The molecule has 36 heavy (non-hydrogen) atoms. The molecule has 10 nitrogen and oxygen atoms in total. The predicted octanol–water partition coefficient (Wildman–Crippen LogP) is 3.73. The molecule has 0 atom stereocenters. The van der Waals surface area contributed by atoms with Gasteiger partial charge in [-0.2, -0.15) is 10.2 Å². The third-order valence-electron chi connectivity index (χ3n) is 6.31. The molecule has 0 spiro atoms. The average molecular weight is 490 g/mol. The molecule has 0 aliphatic carbocycles. The summed E-state index contributed by atoms with van der Waals surface area (Å²) in [5, 5.41) is 17.4. The zero-order valence-corrected chi connectivity index (χ0v) is 20.4. The molecule has 2 aromatic heterocycles. The van der Waals surface area contributed by atoms with Gasteiger partial charge in [0.05, 0.1) is 33.2 Å². The number of fused-ring (bicyclic) bond motifs is 1. The maximum absolute atomic E-state index is 13.2. The quantitative estimate of drug-likeness (QED) is 0.418. The molecule has 1 N–H and O–H groups in total. The fourth-order valence-corrected chi connectivity index (χ4v) is 4.40. The van der Waals surface area contributed by atoms with E-state index >= 15 is 0 Å². The van der Waals surface area contributed by atoms with E-state index in [0.717, 1.165) is 16.3 Å². The zero-order chi connectivity index (χ0) is 25.1. The van der Waals surface area contributed by atoms with Gasteiger partial charge in [0.2, 0.25) is 11.6 Å². The summed E-state index contributed by atoms with van der Waals surface area (Å²) in [6.45, 7) is 1.14. The highest BCUT2D eigenvalue weighted by molar-refractivity contribution is 5.93. The van der Waals surface area contributed by atoms with Crippen molar-refractivity contribution in [3.05, 3.63) is 54.4 Å². The van der Waals surface area contributed by atoms with Crippen molar-refractivity contribution in [2.45, 2.75) is 18.9 Å². The average Bonchev–Trinajstić information content (AvgIpc) is 3.43. The molecule has 3 heterocycles. The molecule has 5 rings (SSSR count). The van der Waals surface area contributed by atoms with E-state index in [4.69, 9.17) is 18.9 Å². The van der Waals surface area contributed by atoms with Gasteiger partial charge in [0.25, 0.3) is 5.91 Å². The van der Waals surface area contributed by atoms with Gasteiger partial charge < -0.3 is 23.8 Å². The van der Waals surface area contributed by atoms with E-state index in [9.17, 15) is 4.79 Å². The van der Waals surface area contributed by atoms with Crippen LogP contribution in [-0.2, 0) is 0 Å². The minimum absolute atomic E-state index is 0.0364. The lowest BCUT2D eigenvalue weighted by Crippen LogP contribution is -2.42. The first-order valence-corrected chi connectivity index (χ1v) is 11.6. The summed E-state index contributed by atoms with van der Waals surface area (Å²) >= 11 is 0. The predicted molar refractivity (Wildman–Crippen MR) is 133 cm³/mol. The van der Waals surface area contributed by atoms with Crippen LogP contribution in [0, 0.1) is 0 Å². The minimum Gasteiger partial charge on any atom is -0.493 e. The van der Waals surface area contributed by atoms with Crippen LogP contribution in [0.5, 0.6) is 23.1 Å². The molecule has 0 radical (unpaired) electrons. The standard InChI is InChI=1S/C26H27N5O5/c1-33-22-12-17(13-23(34-2)24(22)35-3)20-14-21(29-28-20)26(32)31-10-8-18(9-11-31)36-25-19-7-5-4-6-16(19)15-27-30-25/h4-7,12-15,18H,8-11H2,1-3H3,(H,28,29). The second kappa shape index (κ2) is 10.1. The van der Waals surface area contributed by atoms with E-state index in [2.05, 4.69) is 20.4 Å². The second-order valence-corrected chi connectivity index (χ2v) is 8.43. The number of ether oxygens (including phenoxy) is 4. The number of carbonyl (C=O) groups excluding carboxylic acids is 1. The van der Waals surface area contributed by atoms with Crippen LogP contribution in [-0.4, -0.2) is 71.7 Å². The number of amides is 1. The van der Waals surface area contributed by atoms with Gasteiger partial charge in [-0.25, -0.2) is 0 Å².